The molecule has 2 unspecified atom stereocenters. The van der Waals surface area contributed by atoms with Crippen LogP contribution >= 0.6 is 0 Å². The molecular weight excluding hydrogens is 188 g/mol. The molecule has 2 aliphatic rings. The highest BCUT2D eigenvalue weighted by Crippen LogP contribution is 2.34. The molecule has 0 aromatic heterocycles. The van der Waals surface area contributed by atoms with Gasteiger partial charge in [0.2, 0.25) is 5.91 Å². The van der Waals surface area contributed by atoms with Gasteiger partial charge >= 0.3 is 0 Å². The molecule has 3 rings (SSSR count). The second kappa shape index (κ2) is 2.99. The Hall–Kier alpha value is -1.51. The molecule has 2 aliphatic heterocycles. The third kappa shape index (κ3) is 1.23. The molecule has 3 heteroatoms. The maximum absolute atomic E-state index is 11.4. The molecule has 1 fully saturated rings. The SMILES string of the molecule is CC1CC(=O)NC2Cc3ccccc3N12. The van der Waals surface area contributed by atoms with Gasteiger partial charge in [-0.25, -0.2) is 0 Å². The maximum Gasteiger partial charge on any atom is 0.223 e. The fourth-order valence-corrected chi connectivity index (χ4v) is 2.69. The molecule has 2 atom stereocenters. The van der Waals surface area contributed by atoms with E-state index < -0.39 is 0 Å². The number of hydrogen-bond donors (Lipinski definition) is 1. The van der Waals surface area contributed by atoms with E-state index in [0.29, 0.717) is 12.5 Å². The smallest absolute Gasteiger partial charge is 0.223 e. The van der Waals surface area contributed by atoms with Gasteiger partial charge in [0.1, 0.15) is 6.17 Å². The normalized spacial score (nSPS) is 28.3. The number of nitrogens with zero attached hydrogens (tertiary/aromatic N) is 1. The van der Waals surface area contributed by atoms with Gasteiger partial charge in [-0.1, -0.05) is 18.2 Å². The van der Waals surface area contributed by atoms with Crippen molar-refractivity contribution in [2.75, 3.05) is 4.90 Å². The average molecular weight is 202 g/mol. The Balaban J connectivity index is 2.02. The van der Waals surface area contributed by atoms with Crippen LogP contribution < -0.4 is 10.2 Å². The van der Waals surface area contributed by atoms with Gasteiger partial charge in [0.05, 0.1) is 0 Å². The van der Waals surface area contributed by atoms with Gasteiger partial charge in [0.15, 0.2) is 0 Å². The van der Waals surface area contributed by atoms with Crippen LogP contribution in [0.15, 0.2) is 24.3 Å². The summed E-state index contributed by atoms with van der Waals surface area (Å²) in [6.07, 6.45) is 1.72. The molecule has 1 N–H and O–H groups in total. The number of anilines is 1. The monoisotopic (exact) mass is 202 g/mol. The van der Waals surface area contributed by atoms with Gasteiger partial charge in [-0.2, -0.15) is 0 Å². The van der Waals surface area contributed by atoms with Gasteiger partial charge < -0.3 is 10.2 Å². The first-order chi connectivity index (χ1) is 7.25. The van der Waals surface area contributed by atoms with Crippen molar-refractivity contribution < 1.29 is 4.79 Å². The molecule has 0 saturated carbocycles. The zero-order valence-electron chi connectivity index (χ0n) is 8.73. The van der Waals surface area contributed by atoms with E-state index in [9.17, 15) is 4.79 Å². The van der Waals surface area contributed by atoms with Crippen molar-refractivity contribution in [1.82, 2.24) is 5.32 Å². The van der Waals surface area contributed by atoms with E-state index in [1.165, 1.54) is 11.3 Å². The molecule has 1 aromatic carbocycles. The van der Waals surface area contributed by atoms with Crippen molar-refractivity contribution in [1.29, 1.82) is 0 Å². The van der Waals surface area contributed by atoms with E-state index in [1.54, 1.807) is 0 Å². The van der Waals surface area contributed by atoms with Gasteiger partial charge in [-0.15, -0.1) is 0 Å². The predicted octanol–water partition coefficient (Wildman–Crippen LogP) is 1.28. The van der Waals surface area contributed by atoms with E-state index in [0.717, 1.165) is 6.42 Å². The summed E-state index contributed by atoms with van der Waals surface area (Å²) in [5, 5.41) is 3.04. The van der Waals surface area contributed by atoms with Crippen LogP contribution in [0.4, 0.5) is 5.69 Å². The number of rotatable bonds is 0. The average Bonchev–Trinajstić information content (AvgIpc) is 2.54. The number of benzene rings is 1. The van der Waals surface area contributed by atoms with E-state index in [-0.39, 0.29) is 12.1 Å². The maximum atomic E-state index is 11.4. The number of carbonyl (C=O) groups excluding carboxylic acids is 1. The third-order valence-corrected chi connectivity index (χ3v) is 3.30. The topological polar surface area (TPSA) is 32.3 Å². The van der Waals surface area contributed by atoms with Crippen LogP contribution in [0.2, 0.25) is 0 Å². The van der Waals surface area contributed by atoms with Crippen molar-refractivity contribution in [2.24, 2.45) is 0 Å². The van der Waals surface area contributed by atoms with Crippen molar-refractivity contribution >= 4 is 11.6 Å². The zero-order valence-corrected chi connectivity index (χ0v) is 8.73. The van der Waals surface area contributed by atoms with Crippen LogP contribution in [-0.4, -0.2) is 18.1 Å². The molecule has 3 nitrogen and oxygen atoms in total. The summed E-state index contributed by atoms with van der Waals surface area (Å²) in [5.41, 5.74) is 2.63. The number of carbonyl (C=O) groups is 1. The lowest BCUT2D eigenvalue weighted by atomic mass is 10.1. The van der Waals surface area contributed by atoms with Crippen molar-refractivity contribution in [3.63, 3.8) is 0 Å². The van der Waals surface area contributed by atoms with Crippen LogP contribution in [0, 0.1) is 0 Å². The predicted molar refractivity (Wildman–Crippen MR) is 58.6 cm³/mol. The molecule has 0 spiro atoms. The fourth-order valence-electron chi connectivity index (χ4n) is 2.69. The minimum Gasteiger partial charge on any atom is -0.347 e. The van der Waals surface area contributed by atoms with E-state index >= 15 is 0 Å². The summed E-state index contributed by atoms with van der Waals surface area (Å²) in [6, 6.07) is 8.72. The van der Waals surface area contributed by atoms with Gasteiger partial charge in [-0.3, -0.25) is 4.79 Å². The Morgan fingerprint density at radius 2 is 2.13 bits per heavy atom. The Bertz CT molecular complexity index is 416. The molecule has 1 amide bonds. The van der Waals surface area contributed by atoms with Crippen molar-refractivity contribution in [3.8, 4) is 0 Å². The standard InChI is InChI=1S/C12H14N2O/c1-8-6-12(15)13-11-7-9-4-2-3-5-10(9)14(8)11/h2-5,8,11H,6-7H2,1H3,(H,13,15). The molecule has 0 aliphatic carbocycles. The first kappa shape index (κ1) is 8.77. The molecule has 1 aromatic rings. The van der Waals surface area contributed by atoms with Crippen molar-refractivity contribution in [3.05, 3.63) is 29.8 Å². The van der Waals surface area contributed by atoms with Gasteiger partial charge in [-0.05, 0) is 18.6 Å². The van der Waals surface area contributed by atoms with E-state index in [2.05, 4.69) is 41.4 Å². The molecular formula is C12H14N2O. The number of amides is 1. The van der Waals surface area contributed by atoms with Crippen LogP contribution in [0.1, 0.15) is 18.9 Å². The number of nitrogens with one attached hydrogen (secondary N) is 1. The number of para-hydroxylation sites is 1. The lowest BCUT2D eigenvalue weighted by Gasteiger charge is -2.38. The summed E-state index contributed by atoms with van der Waals surface area (Å²) >= 11 is 0. The zero-order chi connectivity index (χ0) is 10.4. The van der Waals surface area contributed by atoms with E-state index in [1.807, 2.05) is 0 Å². The van der Waals surface area contributed by atoms with Crippen molar-refractivity contribution in [2.45, 2.75) is 32.0 Å². The quantitative estimate of drug-likeness (QED) is 0.687. The van der Waals surface area contributed by atoms with Gasteiger partial charge in [0.25, 0.3) is 0 Å². The minimum atomic E-state index is 0.177. The summed E-state index contributed by atoms with van der Waals surface area (Å²) in [6.45, 7) is 2.12. The Morgan fingerprint density at radius 3 is 3.00 bits per heavy atom. The highest BCUT2D eigenvalue weighted by Gasteiger charge is 2.37. The van der Waals surface area contributed by atoms with E-state index in [4.69, 9.17) is 0 Å². The largest absolute Gasteiger partial charge is 0.347 e. The molecule has 78 valence electrons. The molecule has 15 heavy (non-hydrogen) atoms. The lowest BCUT2D eigenvalue weighted by molar-refractivity contribution is -0.123. The Kier molecular flexibility index (Phi) is 1.75. The summed E-state index contributed by atoms with van der Waals surface area (Å²) in [7, 11) is 0. The third-order valence-electron chi connectivity index (χ3n) is 3.30. The first-order valence-corrected chi connectivity index (χ1v) is 5.41. The summed E-state index contributed by atoms with van der Waals surface area (Å²) in [4.78, 5) is 13.8. The summed E-state index contributed by atoms with van der Waals surface area (Å²) < 4.78 is 0. The summed E-state index contributed by atoms with van der Waals surface area (Å²) in [5.74, 6) is 0.177. The van der Waals surface area contributed by atoms with Crippen LogP contribution in [0.5, 0.6) is 0 Å². The first-order valence-electron chi connectivity index (χ1n) is 5.41. The van der Waals surface area contributed by atoms with Crippen LogP contribution in [-0.2, 0) is 11.2 Å². The highest BCUT2D eigenvalue weighted by atomic mass is 16.2. The molecule has 0 bridgehead atoms. The highest BCUT2D eigenvalue weighted by molar-refractivity contribution is 5.81. The molecule has 2 heterocycles. The van der Waals surface area contributed by atoms with Crippen LogP contribution in [0.3, 0.4) is 0 Å². The second-order valence-corrected chi connectivity index (χ2v) is 4.38. The number of hydrogen-bond acceptors (Lipinski definition) is 2. The van der Waals surface area contributed by atoms with Gasteiger partial charge in [0, 0.05) is 24.6 Å². The second-order valence-electron chi connectivity index (χ2n) is 4.38. The lowest BCUT2D eigenvalue weighted by Crippen LogP contribution is -2.56. The number of fused-ring (bicyclic) bond motifs is 3. The molecule has 0 radical (unpaired) electrons. The van der Waals surface area contributed by atoms with Crippen LogP contribution in [0.25, 0.3) is 0 Å². The minimum absolute atomic E-state index is 0.177. The fraction of sp³-hybridized carbons (Fsp3) is 0.417. The Morgan fingerprint density at radius 1 is 1.33 bits per heavy atom. The Labute approximate surface area is 89.1 Å². The molecule has 1 saturated heterocycles.